The minimum atomic E-state index is -0.281. The Morgan fingerprint density at radius 2 is 2.00 bits per heavy atom. The van der Waals surface area contributed by atoms with E-state index in [2.05, 4.69) is 15.5 Å². The first-order valence-corrected chi connectivity index (χ1v) is 5.83. The maximum absolute atomic E-state index is 11.7. The van der Waals surface area contributed by atoms with E-state index in [9.17, 15) is 4.79 Å². The number of aromatic nitrogens is 2. The molecule has 1 amide bonds. The summed E-state index contributed by atoms with van der Waals surface area (Å²) in [5.74, 6) is 0.471. The molecule has 0 spiro atoms. The summed E-state index contributed by atoms with van der Waals surface area (Å²) in [5, 5.41) is 7.14. The lowest BCUT2D eigenvalue weighted by atomic mass is 10.3. The number of aryl methyl sites for hydroxylation is 1. The molecule has 5 nitrogen and oxygen atoms in total. The fraction of sp³-hybridized carbons (Fsp3) is 0.182. The Balaban J connectivity index is 2.02. The van der Waals surface area contributed by atoms with Crippen molar-refractivity contribution in [3.63, 3.8) is 0 Å². The standard InChI is InChI=1S/C11H9Cl2N3O2/c1-6-14-11(18-16-6)5-10(17)15-9-3-7(12)2-8(13)4-9/h2-4H,5H2,1H3,(H,15,17). The number of hydrogen-bond acceptors (Lipinski definition) is 4. The van der Waals surface area contributed by atoms with Crippen molar-refractivity contribution in [3.8, 4) is 0 Å². The van der Waals surface area contributed by atoms with Crippen LogP contribution in [0, 0.1) is 6.92 Å². The molecule has 0 fully saturated rings. The molecule has 7 heteroatoms. The Morgan fingerprint density at radius 1 is 1.33 bits per heavy atom. The smallest absolute Gasteiger partial charge is 0.236 e. The van der Waals surface area contributed by atoms with E-state index in [-0.39, 0.29) is 18.2 Å². The van der Waals surface area contributed by atoms with Gasteiger partial charge in [-0.15, -0.1) is 0 Å². The van der Waals surface area contributed by atoms with E-state index < -0.39 is 0 Å². The maximum Gasteiger partial charge on any atom is 0.236 e. The van der Waals surface area contributed by atoms with Gasteiger partial charge in [0.1, 0.15) is 6.42 Å². The second-order valence-electron chi connectivity index (χ2n) is 3.62. The molecule has 94 valence electrons. The quantitative estimate of drug-likeness (QED) is 0.942. The summed E-state index contributed by atoms with van der Waals surface area (Å²) in [6.45, 7) is 1.68. The largest absolute Gasteiger partial charge is 0.339 e. The molecule has 0 radical (unpaired) electrons. The number of amides is 1. The van der Waals surface area contributed by atoms with Crippen molar-refractivity contribution in [2.75, 3.05) is 5.32 Å². The maximum atomic E-state index is 11.7. The van der Waals surface area contributed by atoms with E-state index in [4.69, 9.17) is 27.7 Å². The van der Waals surface area contributed by atoms with Gasteiger partial charge in [0, 0.05) is 15.7 Å². The first kappa shape index (κ1) is 12.9. The molecular formula is C11H9Cl2N3O2. The summed E-state index contributed by atoms with van der Waals surface area (Å²) >= 11 is 11.6. The summed E-state index contributed by atoms with van der Waals surface area (Å²) in [5.41, 5.74) is 0.522. The highest BCUT2D eigenvalue weighted by Gasteiger charge is 2.10. The molecular weight excluding hydrogens is 277 g/mol. The molecule has 1 N–H and O–H groups in total. The van der Waals surface area contributed by atoms with Crippen molar-refractivity contribution < 1.29 is 9.32 Å². The highest BCUT2D eigenvalue weighted by atomic mass is 35.5. The van der Waals surface area contributed by atoms with Crippen LogP contribution < -0.4 is 5.32 Å². The molecule has 0 saturated heterocycles. The fourth-order valence-corrected chi connectivity index (χ4v) is 1.91. The number of rotatable bonds is 3. The van der Waals surface area contributed by atoms with Crippen molar-refractivity contribution in [1.29, 1.82) is 0 Å². The summed E-state index contributed by atoms with van der Waals surface area (Å²) in [6, 6.07) is 4.79. The molecule has 1 aromatic carbocycles. The van der Waals surface area contributed by atoms with Gasteiger partial charge >= 0.3 is 0 Å². The van der Waals surface area contributed by atoms with Crippen molar-refractivity contribution in [3.05, 3.63) is 40.0 Å². The number of carbonyl (C=O) groups excluding carboxylic acids is 1. The summed E-state index contributed by atoms with van der Waals surface area (Å²) in [7, 11) is 0. The van der Waals surface area contributed by atoms with Gasteiger partial charge in [-0.3, -0.25) is 4.79 Å². The van der Waals surface area contributed by atoms with Crippen LogP contribution in [0.25, 0.3) is 0 Å². The molecule has 1 heterocycles. The molecule has 0 aliphatic carbocycles. The molecule has 2 rings (SSSR count). The number of halogens is 2. The molecule has 0 aliphatic rings. The van der Waals surface area contributed by atoms with Gasteiger partial charge in [-0.25, -0.2) is 0 Å². The number of hydrogen-bond donors (Lipinski definition) is 1. The molecule has 2 aromatic rings. The van der Waals surface area contributed by atoms with Gasteiger partial charge in [0.05, 0.1) is 0 Å². The molecule has 0 bridgehead atoms. The molecule has 0 aliphatic heterocycles. The lowest BCUT2D eigenvalue weighted by molar-refractivity contribution is -0.115. The van der Waals surface area contributed by atoms with E-state index in [0.717, 1.165) is 0 Å². The monoisotopic (exact) mass is 285 g/mol. The van der Waals surface area contributed by atoms with Gasteiger partial charge in [0.2, 0.25) is 11.8 Å². The van der Waals surface area contributed by atoms with Crippen molar-refractivity contribution in [2.45, 2.75) is 13.3 Å². The highest BCUT2D eigenvalue weighted by molar-refractivity contribution is 6.35. The Hall–Kier alpha value is -1.59. The van der Waals surface area contributed by atoms with Crippen LogP contribution in [0.1, 0.15) is 11.7 Å². The minimum absolute atomic E-state index is 0.00493. The van der Waals surface area contributed by atoms with Crippen LogP contribution in [-0.2, 0) is 11.2 Å². The molecule has 1 aromatic heterocycles. The van der Waals surface area contributed by atoms with Gasteiger partial charge in [-0.05, 0) is 25.1 Å². The first-order valence-electron chi connectivity index (χ1n) is 5.08. The second-order valence-corrected chi connectivity index (χ2v) is 4.49. The first-order chi connectivity index (χ1) is 8.52. The number of anilines is 1. The van der Waals surface area contributed by atoms with Crippen molar-refractivity contribution in [2.24, 2.45) is 0 Å². The van der Waals surface area contributed by atoms with Crippen LogP contribution >= 0.6 is 23.2 Å². The van der Waals surface area contributed by atoms with Crippen LogP contribution in [0.3, 0.4) is 0 Å². The van der Waals surface area contributed by atoms with Gasteiger partial charge < -0.3 is 9.84 Å². The third kappa shape index (κ3) is 3.45. The van der Waals surface area contributed by atoms with Gasteiger partial charge in [-0.2, -0.15) is 4.98 Å². The number of benzene rings is 1. The lowest BCUT2D eigenvalue weighted by Crippen LogP contribution is -2.14. The molecule has 0 atom stereocenters. The van der Waals surface area contributed by atoms with E-state index in [0.29, 0.717) is 21.6 Å². The summed E-state index contributed by atoms with van der Waals surface area (Å²) in [4.78, 5) is 15.6. The average Bonchev–Trinajstić information content (AvgIpc) is 2.61. The lowest BCUT2D eigenvalue weighted by Gasteiger charge is -2.04. The fourth-order valence-electron chi connectivity index (χ4n) is 1.38. The Bertz CT molecular complexity index is 563. The Morgan fingerprint density at radius 3 is 2.56 bits per heavy atom. The zero-order chi connectivity index (χ0) is 13.1. The normalized spacial score (nSPS) is 10.4. The third-order valence-corrected chi connectivity index (χ3v) is 2.46. The second kappa shape index (κ2) is 5.37. The van der Waals surface area contributed by atoms with Crippen molar-refractivity contribution >= 4 is 34.8 Å². The SMILES string of the molecule is Cc1noc(CC(=O)Nc2cc(Cl)cc(Cl)c2)n1. The molecule has 18 heavy (non-hydrogen) atoms. The van der Waals surface area contributed by atoms with E-state index >= 15 is 0 Å². The highest BCUT2D eigenvalue weighted by Crippen LogP contribution is 2.22. The number of nitrogens with zero attached hydrogens (tertiary/aromatic N) is 2. The predicted molar refractivity (Wildman–Crippen MR) is 67.8 cm³/mol. The van der Waals surface area contributed by atoms with E-state index in [1.807, 2.05) is 0 Å². The summed E-state index contributed by atoms with van der Waals surface area (Å²) in [6.07, 6.45) is 0.00493. The van der Waals surface area contributed by atoms with Crippen LogP contribution in [0.5, 0.6) is 0 Å². The minimum Gasteiger partial charge on any atom is -0.339 e. The van der Waals surface area contributed by atoms with E-state index in [1.165, 1.54) is 0 Å². The molecule has 0 unspecified atom stereocenters. The zero-order valence-electron chi connectivity index (χ0n) is 9.41. The van der Waals surface area contributed by atoms with Crippen LogP contribution in [0.4, 0.5) is 5.69 Å². The molecule has 0 saturated carbocycles. The summed E-state index contributed by atoms with van der Waals surface area (Å²) < 4.78 is 4.85. The van der Waals surface area contributed by atoms with Crippen LogP contribution in [0.2, 0.25) is 10.0 Å². The topological polar surface area (TPSA) is 68.0 Å². The van der Waals surface area contributed by atoms with Crippen molar-refractivity contribution in [1.82, 2.24) is 10.1 Å². The zero-order valence-corrected chi connectivity index (χ0v) is 10.9. The van der Waals surface area contributed by atoms with Gasteiger partial charge in [0.25, 0.3) is 0 Å². The Labute approximate surface area is 113 Å². The number of nitrogens with one attached hydrogen (secondary N) is 1. The average molecular weight is 286 g/mol. The van der Waals surface area contributed by atoms with Crippen LogP contribution in [0.15, 0.2) is 22.7 Å². The van der Waals surface area contributed by atoms with Crippen LogP contribution in [-0.4, -0.2) is 16.0 Å². The third-order valence-electron chi connectivity index (χ3n) is 2.03. The van der Waals surface area contributed by atoms with Gasteiger partial charge in [0.15, 0.2) is 5.82 Å². The van der Waals surface area contributed by atoms with Gasteiger partial charge in [-0.1, -0.05) is 28.4 Å². The predicted octanol–water partition coefficient (Wildman–Crippen LogP) is 2.87. The van der Waals surface area contributed by atoms with E-state index in [1.54, 1.807) is 25.1 Å². The number of carbonyl (C=O) groups is 1. The Kier molecular flexibility index (Phi) is 3.84.